The van der Waals surface area contributed by atoms with Gasteiger partial charge in [-0.3, -0.25) is 4.79 Å². The molecule has 1 spiro atoms. The Morgan fingerprint density at radius 2 is 2.00 bits per heavy atom. The smallest absolute Gasteiger partial charge is 0.223 e. The lowest BCUT2D eigenvalue weighted by molar-refractivity contribution is -0.571. The number of hydrogen-bond donors (Lipinski definition) is 0. The van der Waals surface area contributed by atoms with E-state index in [1.807, 2.05) is 0 Å². The Kier molecular flexibility index (Phi) is 5.55. The first kappa shape index (κ1) is 18.8. The molecular formula is C16H28O6S. The summed E-state index contributed by atoms with van der Waals surface area (Å²) >= 11 is 0. The molecule has 0 aromatic heterocycles. The van der Waals surface area contributed by atoms with E-state index in [4.69, 9.17) is 14.5 Å². The lowest BCUT2D eigenvalue weighted by atomic mass is 9.72. The number of carbonyl (C=O) groups excluding carboxylic acids is 1. The second-order valence-electron chi connectivity index (χ2n) is 7.59. The van der Waals surface area contributed by atoms with E-state index >= 15 is 0 Å². The Labute approximate surface area is 138 Å². The fourth-order valence-electron chi connectivity index (χ4n) is 3.33. The van der Waals surface area contributed by atoms with Gasteiger partial charge in [0.05, 0.1) is 4.75 Å². The molecule has 1 saturated heterocycles. The van der Waals surface area contributed by atoms with Gasteiger partial charge in [-0.1, -0.05) is 12.8 Å². The Morgan fingerprint density at radius 3 is 2.52 bits per heavy atom. The van der Waals surface area contributed by atoms with Crippen LogP contribution in [0.5, 0.6) is 0 Å². The Morgan fingerprint density at radius 1 is 1.30 bits per heavy atom. The maximum Gasteiger partial charge on any atom is 0.223 e. The van der Waals surface area contributed by atoms with Crippen LogP contribution in [0.4, 0.5) is 0 Å². The van der Waals surface area contributed by atoms with Crippen LogP contribution < -0.4 is 0 Å². The van der Waals surface area contributed by atoms with Crippen LogP contribution >= 0.6 is 0 Å². The minimum atomic E-state index is -3.42. The second kappa shape index (κ2) is 6.78. The summed E-state index contributed by atoms with van der Waals surface area (Å²) in [6, 6.07) is 0. The number of sulfone groups is 1. The van der Waals surface area contributed by atoms with Gasteiger partial charge in [0, 0.05) is 13.5 Å². The molecule has 7 heteroatoms. The number of rotatable bonds is 6. The third-order valence-corrected chi connectivity index (χ3v) is 7.59. The van der Waals surface area contributed by atoms with Gasteiger partial charge in [-0.2, -0.15) is 0 Å². The maximum atomic E-state index is 12.1. The highest BCUT2D eigenvalue weighted by atomic mass is 32.2. The van der Waals surface area contributed by atoms with Crippen LogP contribution in [0, 0.1) is 5.92 Å². The van der Waals surface area contributed by atoms with Gasteiger partial charge in [-0.05, 0) is 46.0 Å². The molecule has 0 aromatic rings. The summed E-state index contributed by atoms with van der Waals surface area (Å²) in [6.07, 6.45) is 4.41. The predicted molar refractivity (Wildman–Crippen MR) is 85.4 cm³/mol. The van der Waals surface area contributed by atoms with Gasteiger partial charge in [0.2, 0.25) is 6.29 Å². The van der Waals surface area contributed by atoms with Gasteiger partial charge in [-0.15, -0.1) is 0 Å². The average Bonchev–Trinajstić information content (AvgIpc) is 2.43. The summed E-state index contributed by atoms with van der Waals surface area (Å²) in [5.41, 5.74) is -0.462. The molecule has 3 atom stereocenters. The van der Waals surface area contributed by atoms with Gasteiger partial charge >= 0.3 is 0 Å². The number of ketones is 1. The summed E-state index contributed by atoms with van der Waals surface area (Å²) in [4.78, 5) is 22.6. The summed E-state index contributed by atoms with van der Waals surface area (Å²) in [7, 11) is -1.83. The highest BCUT2D eigenvalue weighted by molar-refractivity contribution is 7.93. The van der Waals surface area contributed by atoms with Crippen LogP contribution in [0.3, 0.4) is 0 Å². The van der Waals surface area contributed by atoms with E-state index in [1.54, 1.807) is 27.9 Å². The van der Waals surface area contributed by atoms with E-state index in [0.29, 0.717) is 6.42 Å². The minimum absolute atomic E-state index is 0.163. The third-order valence-electron chi connectivity index (χ3n) is 5.02. The highest BCUT2D eigenvalue weighted by Crippen LogP contribution is 2.48. The van der Waals surface area contributed by atoms with Crippen molar-refractivity contribution in [2.75, 3.05) is 12.9 Å². The molecule has 0 amide bonds. The minimum Gasteiger partial charge on any atom is -0.351 e. The predicted octanol–water partition coefficient (Wildman–Crippen LogP) is 2.41. The van der Waals surface area contributed by atoms with E-state index < -0.39 is 20.2 Å². The number of Topliss-reactive ketones (excluding diaryl/α,β-unsaturated/α-hetero) is 1. The Bertz CT molecular complexity index is 533. The molecule has 1 saturated carbocycles. The van der Waals surface area contributed by atoms with E-state index in [0.717, 1.165) is 25.7 Å². The first-order chi connectivity index (χ1) is 10.6. The number of carbonyl (C=O) groups is 1. The maximum absolute atomic E-state index is 12.1. The van der Waals surface area contributed by atoms with Crippen molar-refractivity contribution in [2.45, 2.75) is 75.9 Å². The van der Waals surface area contributed by atoms with Crippen molar-refractivity contribution in [1.29, 1.82) is 0 Å². The molecule has 23 heavy (non-hydrogen) atoms. The highest BCUT2D eigenvalue weighted by Gasteiger charge is 2.57. The molecule has 2 rings (SSSR count). The molecule has 1 aliphatic carbocycles. The Balaban J connectivity index is 1.93. The zero-order valence-corrected chi connectivity index (χ0v) is 15.3. The third kappa shape index (κ3) is 3.78. The Hall–Kier alpha value is -0.500. The SMILES string of the molecule is COC1OOC12CCCC[C@H]2CCC(=O)CS(=O)(=O)C(C)(C)C. The molecular weight excluding hydrogens is 320 g/mol. The van der Waals surface area contributed by atoms with Gasteiger partial charge in [0.15, 0.2) is 15.4 Å². The van der Waals surface area contributed by atoms with Crippen molar-refractivity contribution in [1.82, 2.24) is 0 Å². The molecule has 134 valence electrons. The van der Waals surface area contributed by atoms with Gasteiger partial charge < -0.3 is 4.74 Å². The van der Waals surface area contributed by atoms with E-state index in [-0.39, 0.29) is 30.2 Å². The summed E-state index contributed by atoms with van der Waals surface area (Å²) in [5.74, 6) is -0.451. The van der Waals surface area contributed by atoms with Crippen molar-refractivity contribution in [3.63, 3.8) is 0 Å². The van der Waals surface area contributed by atoms with Crippen LogP contribution in [0.1, 0.15) is 59.3 Å². The van der Waals surface area contributed by atoms with Crippen LogP contribution in [-0.2, 0) is 29.1 Å². The van der Waals surface area contributed by atoms with Crippen molar-refractivity contribution < 1.29 is 27.7 Å². The van der Waals surface area contributed by atoms with E-state index in [9.17, 15) is 13.2 Å². The molecule has 0 bridgehead atoms. The van der Waals surface area contributed by atoms with Crippen LogP contribution in [0.2, 0.25) is 0 Å². The monoisotopic (exact) mass is 348 g/mol. The topological polar surface area (TPSA) is 78.9 Å². The summed E-state index contributed by atoms with van der Waals surface area (Å²) in [6.45, 7) is 4.86. The first-order valence-electron chi connectivity index (χ1n) is 8.24. The van der Waals surface area contributed by atoms with E-state index in [1.165, 1.54) is 0 Å². The molecule has 6 nitrogen and oxygen atoms in total. The average molecular weight is 348 g/mol. The normalized spacial score (nSPS) is 31.8. The largest absolute Gasteiger partial charge is 0.351 e. The number of hydrogen-bond acceptors (Lipinski definition) is 6. The quantitative estimate of drug-likeness (QED) is 0.686. The van der Waals surface area contributed by atoms with Crippen molar-refractivity contribution in [3.8, 4) is 0 Å². The van der Waals surface area contributed by atoms with Crippen LogP contribution in [0.15, 0.2) is 0 Å². The molecule has 1 heterocycles. The zero-order chi connectivity index (χ0) is 17.3. The number of ether oxygens (including phenoxy) is 1. The molecule has 2 fully saturated rings. The fourth-order valence-corrected chi connectivity index (χ4v) is 4.34. The summed E-state index contributed by atoms with van der Waals surface area (Å²) < 4.78 is 28.7. The standard InChI is InChI=1S/C16H28O6S/c1-15(2,3)23(18,19)11-13(17)9-8-12-7-5-6-10-16(12)14(20-4)21-22-16/h12,14H,5-11H2,1-4H3/t12-,14?,16?/m0/s1. The molecule has 1 aliphatic heterocycles. The number of methoxy groups -OCH3 is 1. The van der Waals surface area contributed by atoms with Gasteiger partial charge in [0.1, 0.15) is 11.5 Å². The molecule has 0 N–H and O–H groups in total. The lowest BCUT2D eigenvalue weighted by Crippen LogP contribution is -2.62. The van der Waals surface area contributed by atoms with Crippen molar-refractivity contribution in [2.24, 2.45) is 5.92 Å². The van der Waals surface area contributed by atoms with Crippen molar-refractivity contribution in [3.05, 3.63) is 0 Å². The molecule has 2 aliphatic rings. The second-order valence-corrected chi connectivity index (χ2v) is 10.3. The van der Waals surface area contributed by atoms with Gasteiger partial charge in [-0.25, -0.2) is 18.2 Å². The fraction of sp³-hybridized carbons (Fsp3) is 0.938. The van der Waals surface area contributed by atoms with Crippen LogP contribution in [0.25, 0.3) is 0 Å². The molecule has 2 unspecified atom stereocenters. The zero-order valence-electron chi connectivity index (χ0n) is 14.5. The molecule has 0 aromatic carbocycles. The van der Waals surface area contributed by atoms with Crippen LogP contribution in [-0.4, -0.2) is 43.7 Å². The first-order valence-corrected chi connectivity index (χ1v) is 9.89. The summed E-state index contributed by atoms with van der Waals surface area (Å²) in [5, 5.41) is 0. The van der Waals surface area contributed by atoms with E-state index in [2.05, 4.69) is 0 Å². The molecule has 0 radical (unpaired) electrons. The van der Waals surface area contributed by atoms with Crippen molar-refractivity contribution >= 4 is 15.6 Å². The lowest BCUT2D eigenvalue weighted by Gasteiger charge is -2.52. The van der Waals surface area contributed by atoms with Gasteiger partial charge in [0.25, 0.3) is 0 Å².